The zero-order valence-electron chi connectivity index (χ0n) is 12.7. The van der Waals surface area contributed by atoms with Crippen LogP contribution >= 0.6 is 0 Å². The normalized spacial score (nSPS) is 16.7. The van der Waals surface area contributed by atoms with Gasteiger partial charge in [0.15, 0.2) is 0 Å². The summed E-state index contributed by atoms with van der Waals surface area (Å²) in [6.45, 7) is 2.58. The maximum absolute atomic E-state index is 12.1. The lowest BCUT2D eigenvalue weighted by molar-refractivity contribution is -0.117. The Labute approximate surface area is 126 Å². The topological polar surface area (TPSA) is 59.4 Å². The van der Waals surface area contributed by atoms with E-state index in [9.17, 15) is 4.79 Å². The molecule has 5 nitrogen and oxygen atoms in total. The third-order valence-electron chi connectivity index (χ3n) is 4.00. The third-order valence-corrected chi connectivity index (χ3v) is 4.00. The van der Waals surface area contributed by atoms with Crippen LogP contribution in [0, 0.1) is 11.3 Å². The van der Waals surface area contributed by atoms with Crippen molar-refractivity contribution in [2.75, 3.05) is 39.0 Å². The Hall–Kier alpha value is -1.90. The lowest BCUT2D eigenvalue weighted by Gasteiger charge is -2.34. The maximum atomic E-state index is 12.1. The number of carbonyl (C=O) groups excluding carboxylic acids is 1. The van der Waals surface area contributed by atoms with Gasteiger partial charge in [0.2, 0.25) is 5.91 Å². The van der Waals surface area contributed by atoms with Gasteiger partial charge in [-0.1, -0.05) is 0 Å². The molecule has 1 fully saturated rings. The Morgan fingerprint density at radius 3 is 2.57 bits per heavy atom. The van der Waals surface area contributed by atoms with Crippen molar-refractivity contribution < 1.29 is 4.79 Å². The van der Waals surface area contributed by atoms with Crippen molar-refractivity contribution in [1.82, 2.24) is 9.80 Å². The minimum Gasteiger partial charge on any atom is -0.325 e. The molecule has 1 heterocycles. The van der Waals surface area contributed by atoms with E-state index in [2.05, 4.69) is 28.2 Å². The Morgan fingerprint density at radius 1 is 1.38 bits per heavy atom. The van der Waals surface area contributed by atoms with Gasteiger partial charge in [-0.05, 0) is 64.3 Å². The number of amides is 1. The van der Waals surface area contributed by atoms with Crippen LogP contribution in [0.1, 0.15) is 18.4 Å². The highest BCUT2D eigenvalue weighted by molar-refractivity contribution is 5.92. The lowest BCUT2D eigenvalue weighted by atomic mass is 10.0. The number of nitrogens with one attached hydrogen (secondary N) is 1. The van der Waals surface area contributed by atoms with Crippen LogP contribution in [0.3, 0.4) is 0 Å². The van der Waals surface area contributed by atoms with Crippen LogP contribution in [0.2, 0.25) is 0 Å². The van der Waals surface area contributed by atoms with E-state index in [1.807, 2.05) is 7.05 Å². The zero-order valence-corrected chi connectivity index (χ0v) is 12.7. The summed E-state index contributed by atoms with van der Waals surface area (Å²) in [6, 6.07) is 9.46. The lowest BCUT2D eigenvalue weighted by Crippen LogP contribution is -2.44. The van der Waals surface area contributed by atoms with Gasteiger partial charge in [0.25, 0.3) is 0 Å². The van der Waals surface area contributed by atoms with Gasteiger partial charge in [-0.3, -0.25) is 9.69 Å². The Bertz CT molecular complexity index is 512. The molecule has 112 valence electrons. The summed E-state index contributed by atoms with van der Waals surface area (Å²) in [6.07, 6.45) is 2.22. The molecule has 0 radical (unpaired) electrons. The van der Waals surface area contributed by atoms with Gasteiger partial charge in [-0.2, -0.15) is 5.26 Å². The van der Waals surface area contributed by atoms with Crippen LogP contribution < -0.4 is 5.32 Å². The second-order valence-electron chi connectivity index (χ2n) is 5.69. The number of benzene rings is 1. The molecule has 0 spiro atoms. The minimum absolute atomic E-state index is 0.0128. The average Bonchev–Trinajstić information content (AvgIpc) is 2.48. The third kappa shape index (κ3) is 4.55. The van der Waals surface area contributed by atoms with Gasteiger partial charge in [0.1, 0.15) is 0 Å². The standard InChI is InChI=1S/C16H22N4O/c1-19-9-7-15(8-10-19)20(2)12-16(21)18-14-5-3-13(11-17)4-6-14/h3-6,15H,7-10,12H2,1-2H3,(H,18,21). The van der Waals surface area contributed by atoms with E-state index in [1.54, 1.807) is 24.3 Å². The number of anilines is 1. The van der Waals surface area contributed by atoms with E-state index in [0.29, 0.717) is 18.2 Å². The van der Waals surface area contributed by atoms with Crippen molar-refractivity contribution in [2.24, 2.45) is 0 Å². The highest BCUT2D eigenvalue weighted by Gasteiger charge is 2.21. The molecule has 21 heavy (non-hydrogen) atoms. The second-order valence-corrected chi connectivity index (χ2v) is 5.69. The molecule has 2 rings (SSSR count). The molecular weight excluding hydrogens is 264 g/mol. The molecule has 0 unspecified atom stereocenters. The van der Waals surface area contributed by atoms with E-state index in [4.69, 9.17) is 5.26 Å². The smallest absolute Gasteiger partial charge is 0.238 e. The van der Waals surface area contributed by atoms with Crippen molar-refractivity contribution in [3.63, 3.8) is 0 Å². The van der Waals surface area contributed by atoms with E-state index < -0.39 is 0 Å². The van der Waals surface area contributed by atoms with Gasteiger partial charge in [-0.15, -0.1) is 0 Å². The molecule has 1 saturated heterocycles. The molecule has 1 aliphatic heterocycles. The summed E-state index contributed by atoms with van der Waals surface area (Å²) in [4.78, 5) is 16.5. The van der Waals surface area contributed by atoms with Crippen LogP contribution in [0.4, 0.5) is 5.69 Å². The van der Waals surface area contributed by atoms with Crippen molar-refractivity contribution in [1.29, 1.82) is 5.26 Å². The van der Waals surface area contributed by atoms with E-state index in [-0.39, 0.29) is 5.91 Å². The molecule has 5 heteroatoms. The number of piperidine rings is 1. The summed E-state index contributed by atoms with van der Waals surface area (Å²) >= 11 is 0. The first kappa shape index (κ1) is 15.5. The molecule has 0 aromatic heterocycles. The molecule has 0 bridgehead atoms. The summed E-state index contributed by atoms with van der Waals surface area (Å²) in [5.74, 6) is -0.0128. The maximum Gasteiger partial charge on any atom is 0.238 e. The highest BCUT2D eigenvalue weighted by atomic mass is 16.2. The summed E-state index contributed by atoms with van der Waals surface area (Å²) < 4.78 is 0. The van der Waals surface area contributed by atoms with E-state index in [0.717, 1.165) is 31.6 Å². The molecule has 1 aromatic rings. The molecule has 1 amide bonds. The zero-order chi connectivity index (χ0) is 15.2. The SMILES string of the molecule is CN1CCC(N(C)CC(=O)Nc2ccc(C#N)cc2)CC1. The van der Waals surface area contributed by atoms with Gasteiger partial charge in [-0.25, -0.2) is 0 Å². The van der Waals surface area contributed by atoms with Gasteiger partial charge in [0, 0.05) is 11.7 Å². The molecular formula is C16H22N4O. The van der Waals surface area contributed by atoms with Crippen LogP contribution in [0.15, 0.2) is 24.3 Å². The summed E-state index contributed by atoms with van der Waals surface area (Å²) in [5.41, 5.74) is 1.33. The fraction of sp³-hybridized carbons (Fsp3) is 0.500. The van der Waals surface area contributed by atoms with Crippen LogP contribution in [0.5, 0.6) is 0 Å². The largest absolute Gasteiger partial charge is 0.325 e. The van der Waals surface area contributed by atoms with E-state index in [1.165, 1.54) is 0 Å². The fourth-order valence-electron chi connectivity index (χ4n) is 2.62. The van der Waals surface area contributed by atoms with E-state index >= 15 is 0 Å². The predicted molar refractivity (Wildman–Crippen MR) is 82.9 cm³/mol. The van der Waals surface area contributed by atoms with Crippen LogP contribution in [0.25, 0.3) is 0 Å². The first-order chi connectivity index (χ1) is 10.1. The molecule has 0 saturated carbocycles. The number of likely N-dealkylation sites (N-methyl/N-ethyl adjacent to an activating group) is 1. The fourth-order valence-corrected chi connectivity index (χ4v) is 2.62. The second kappa shape index (κ2) is 7.21. The number of nitriles is 1. The monoisotopic (exact) mass is 286 g/mol. The van der Waals surface area contributed by atoms with Crippen LogP contribution in [-0.4, -0.2) is 55.5 Å². The van der Waals surface area contributed by atoms with Crippen molar-refractivity contribution in [3.05, 3.63) is 29.8 Å². The predicted octanol–water partition coefficient (Wildman–Crippen LogP) is 1.52. The Kier molecular flexibility index (Phi) is 5.32. The van der Waals surface area contributed by atoms with Crippen LogP contribution in [-0.2, 0) is 4.79 Å². The first-order valence-electron chi connectivity index (χ1n) is 7.27. The molecule has 0 aliphatic carbocycles. The molecule has 1 N–H and O–H groups in total. The van der Waals surface area contributed by atoms with Gasteiger partial charge < -0.3 is 10.2 Å². The van der Waals surface area contributed by atoms with Gasteiger partial charge in [0.05, 0.1) is 18.2 Å². The number of carbonyl (C=O) groups is 1. The average molecular weight is 286 g/mol. The van der Waals surface area contributed by atoms with Crippen molar-refractivity contribution in [2.45, 2.75) is 18.9 Å². The van der Waals surface area contributed by atoms with Crippen molar-refractivity contribution in [3.8, 4) is 6.07 Å². The molecule has 1 aliphatic rings. The van der Waals surface area contributed by atoms with Gasteiger partial charge >= 0.3 is 0 Å². The Morgan fingerprint density at radius 2 is 2.00 bits per heavy atom. The first-order valence-corrected chi connectivity index (χ1v) is 7.27. The summed E-state index contributed by atoms with van der Waals surface area (Å²) in [5, 5.41) is 11.6. The number of nitrogens with zero attached hydrogens (tertiary/aromatic N) is 3. The quantitative estimate of drug-likeness (QED) is 0.912. The summed E-state index contributed by atoms with van der Waals surface area (Å²) in [7, 11) is 4.14. The number of hydrogen-bond acceptors (Lipinski definition) is 4. The minimum atomic E-state index is -0.0128. The highest BCUT2D eigenvalue weighted by Crippen LogP contribution is 2.14. The molecule has 1 aromatic carbocycles. The Balaban J connectivity index is 1.82. The number of rotatable bonds is 4. The molecule has 0 atom stereocenters. The van der Waals surface area contributed by atoms with Crippen molar-refractivity contribution >= 4 is 11.6 Å². The number of likely N-dealkylation sites (tertiary alicyclic amines) is 1. The number of hydrogen-bond donors (Lipinski definition) is 1.